The highest BCUT2D eigenvalue weighted by atomic mass is 14.2. The Labute approximate surface area is 161 Å². The van der Waals surface area contributed by atoms with Gasteiger partial charge in [-0.1, -0.05) is 106 Å². The van der Waals surface area contributed by atoms with Crippen LogP contribution < -0.4 is 0 Å². The standard InChI is InChI=1S/C25H31B/c1-9-16-19-21(14-6)23(15-7)24(20(12-4)13-5)25(26-8)22(17-10-2)18-11-3/h9-16,18-19,26H,1-2,4-7,17H2,3,8H3/b18-11-,19-16-,23-21+,25-22-. The van der Waals surface area contributed by atoms with Gasteiger partial charge in [0.2, 0.25) is 0 Å². The fourth-order valence-corrected chi connectivity index (χ4v) is 2.80. The second-order valence-corrected chi connectivity index (χ2v) is 5.46. The first-order valence-corrected chi connectivity index (χ1v) is 8.83. The van der Waals surface area contributed by atoms with E-state index < -0.39 is 0 Å². The van der Waals surface area contributed by atoms with Gasteiger partial charge < -0.3 is 0 Å². The SMILES string of the molecule is C=C/C=C\C(C=C)=C(/C=C)C(=C(C=C)C=C)/C(BC)=C(/C=C\C)CC=C. The van der Waals surface area contributed by atoms with Gasteiger partial charge in [0.1, 0.15) is 0 Å². The summed E-state index contributed by atoms with van der Waals surface area (Å²) in [7, 11) is 0.862. The molecule has 0 saturated carbocycles. The summed E-state index contributed by atoms with van der Waals surface area (Å²) in [6.45, 7) is 27.8. The monoisotopic (exact) mass is 342 g/mol. The van der Waals surface area contributed by atoms with Crippen molar-refractivity contribution in [3.05, 3.63) is 134 Å². The second kappa shape index (κ2) is 13.5. The van der Waals surface area contributed by atoms with E-state index in [9.17, 15) is 0 Å². The summed E-state index contributed by atoms with van der Waals surface area (Å²) in [5, 5.41) is 0. The summed E-state index contributed by atoms with van der Waals surface area (Å²) in [6, 6.07) is 0. The largest absolute Gasteiger partial charge is 0.155 e. The van der Waals surface area contributed by atoms with Crippen LogP contribution in [0.4, 0.5) is 0 Å². The molecule has 0 rings (SSSR count). The molecule has 0 atom stereocenters. The summed E-state index contributed by atoms with van der Waals surface area (Å²) >= 11 is 0. The third-order valence-corrected chi connectivity index (χ3v) is 3.92. The third-order valence-electron chi connectivity index (χ3n) is 3.92. The molecule has 0 nitrogen and oxygen atoms in total. The van der Waals surface area contributed by atoms with Gasteiger partial charge in [0, 0.05) is 0 Å². The van der Waals surface area contributed by atoms with E-state index in [1.54, 1.807) is 6.08 Å². The predicted octanol–water partition coefficient (Wildman–Crippen LogP) is 6.96. The Kier molecular flexibility index (Phi) is 12.0. The average molecular weight is 342 g/mol. The fraction of sp³-hybridized carbons (Fsp3) is 0.120. The summed E-state index contributed by atoms with van der Waals surface area (Å²) in [6.07, 6.45) is 19.9. The van der Waals surface area contributed by atoms with Gasteiger partial charge in [0.15, 0.2) is 7.28 Å². The topological polar surface area (TPSA) is 0 Å². The van der Waals surface area contributed by atoms with E-state index in [2.05, 4.69) is 58.4 Å². The molecule has 134 valence electrons. The minimum atomic E-state index is 0.787. The third kappa shape index (κ3) is 6.25. The molecule has 0 radical (unpaired) electrons. The Morgan fingerprint density at radius 3 is 1.85 bits per heavy atom. The Bertz CT molecular complexity index is 705. The van der Waals surface area contributed by atoms with Gasteiger partial charge in [-0.3, -0.25) is 0 Å². The first kappa shape index (κ1) is 23.2. The van der Waals surface area contributed by atoms with Crippen LogP contribution in [0, 0.1) is 0 Å². The smallest absolute Gasteiger partial charge is 0.103 e. The lowest BCUT2D eigenvalue weighted by Crippen LogP contribution is -2.06. The fourth-order valence-electron chi connectivity index (χ4n) is 2.80. The molecule has 1 heteroatoms. The lowest BCUT2D eigenvalue weighted by Gasteiger charge is -2.20. The van der Waals surface area contributed by atoms with Crippen LogP contribution in [0.15, 0.2) is 134 Å². The van der Waals surface area contributed by atoms with Gasteiger partial charge in [0.25, 0.3) is 0 Å². The summed E-state index contributed by atoms with van der Waals surface area (Å²) in [5.41, 5.74) is 6.45. The number of hydrogen-bond acceptors (Lipinski definition) is 0. The van der Waals surface area contributed by atoms with Crippen molar-refractivity contribution in [2.24, 2.45) is 0 Å². The molecule has 26 heavy (non-hydrogen) atoms. The normalized spacial score (nSPS) is 12.7. The Morgan fingerprint density at radius 1 is 0.846 bits per heavy atom. The van der Waals surface area contributed by atoms with Crippen molar-refractivity contribution in [3.8, 4) is 0 Å². The molecule has 0 aliphatic carbocycles. The van der Waals surface area contributed by atoms with Crippen molar-refractivity contribution in [2.45, 2.75) is 20.2 Å². The van der Waals surface area contributed by atoms with Gasteiger partial charge in [-0.05, 0) is 41.2 Å². The molecule has 0 saturated heterocycles. The molecule has 0 aromatic heterocycles. The van der Waals surface area contributed by atoms with E-state index in [1.807, 2.05) is 49.5 Å². The molecule has 0 amide bonds. The van der Waals surface area contributed by atoms with E-state index in [0.29, 0.717) is 0 Å². The van der Waals surface area contributed by atoms with Crippen molar-refractivity contribution in [3.63, 3.8) is 0 Å². The molecule has 0 fully saturated rings. The van der Waals surface area contributed by atoms with Crippen molar-refractivity contribution in [1.29, 1.82) is 0 Å². The maximum absolute atomic E-state index is 4.05. The van der Waals surface area contributed by atoms with Crippen LogP contribution in [0.5, 0.6) is 0 Å². The van der Waals surface area contributed by atoms with Crippen LogP contribution in [-0.4, -0.2) is 7.28 Å². The van der Waals surface area contributed by atoms with Gasteiger partial charge in [-0.25, -0.2) is 0 Å². The molecule has 0 heterocycles. The molecule has 0 unspecified atom stereocenters. The summed E-state index contributed by atoms with van der Waals surface area (Å²) in [5.74, 6) is 0. The van der Waals surface area contributed by atoms with Crippen LogP contribution in [0.3, 0.4) is 0 Å². The van der Waals surface area contributed by atoms with E-state index >= 15 is 0 Å². The Hall–Kier alpha value is -2.80. The molecular weight excluding hydrogens is 311 g/mol. The summed E-state index contributed by atoms with van der Waals surface area (Å²) < 4.78 is 0. The zero-order valence-corrected chi connectivity index (χ0v) is 16.4. The predicted molar refractivity (Wildman–Crippen MR) is 124 cm³/mol. The highest BCUT2D eigenvalue weighted by Gasteiger charge is 2.16. The molecular formula is C25H31B. The van der Waals surface area contributed by atoms with Crippen molar-refractivity contribution < 1.29 is 0 Å². The first-order valence-electron chi connectivity index (χ1n) is 8.83. The number of hydrogen-bond donors (Lipinski definition) is 0. The van der Waals surface area contributed by atoms with Gasteiger partial charge in [-0.2, -0.15) is 0 Å². The van der Waals surface area contributed by atoms with Crippen molar-refractivity contribution in [1.82, 2.24) is 0 Å². The average Bonchev–Trinajstić information content (AvgIpc) is 2.66. The molecule has 0 bridgehead atoms. The maximum Gasteiger partial charge on any atom is 0.155 e. The van der Waals surface area contributed by atoms with Crippen LogP contribution in [0.1, 0.15) is 13.3 Å². The Morgan fingerprint density at radius 2 is 1.46 bits per heavy atom. The maximum atomic E-state index is 4.05. The lowest BCUT2D eigenvalue weighted by atomic mass is 9.63. The van der Waals surface area contributed by atoms with Crippen molar-refractivity contribution in [2.75, 3.05) is 0 Å². The van der Waals surface area contributed by atoms with Crippen molar-refractivity contribution >= 4 is 7.28 Å². The Balaban J connectivity index is 7.25. The van der Waals surface area contributed by atoms with Gasteiger partial charge in [-0.15, -0.1) is 6.58 Å². The summed E-state index contributed by atoms with van der Waals surface area (Å²) in [4.78, 5) is 0. The quantitative estimate of drug-likeness (QED) is 0.204. The molecule has 0 spiro atoms. The molecule has 0 aliphatic heterocycles. The highest BCUT2D eigenvalue weighted by Crippen LogP contribution is 2.32. The van der Waals surface area contributed by atoms with Gasteiger partial charge >= 0.3 is 0 Å². The molecule has 0 aromatic carbocycles. The van der Waals surface area contributed by atoms with E-state index in [4.69, 9.17) is 0 Å². The zero-order valence-electron chi connectivity index (χ0n) is 16.4. The van der Waals surface area contributed by atoms with E-state index in [-0.39, 0.29) is 0 Å². The minimum Gasteiger partial charge on any atom is -0.103 e. The number of rotatable bonds is 12. The second-order valence-electron chi connectivity index (χ2n) is 5.46. The van der Waals surface area contributed by atoms with Crippen LogP contribution in [0.25, 0.3) is 0 Å². The molecule has 0 N–H and O–H groups in total. The van der Waals surface area contributed by atoms with Crippen LogP contribution in [0.2, 0.25) is 6.82 Å². The first-order chi connectivity index (χ1) is 12.6. The van der Waals surface area contributed by atoms with Crippen LogP contribution in [-0.2, 0) is 0 Å². The lowest BCUT2D eigenvalue weighted by molar-refractivity contribution is 1.25. The molecule has 0 aromatic rings. The van der Waals surface area contributed by atoms with E-state index in [0.717, 1.165) is 36.0 Å². The van der Waals surface area contributed by atoms with Crippen LogP contribution >= 0.6 is 0 Å². The number of allylic oxidation sites excluding steroid dienone is 16. The van der Waals surface area contributed by atoms with Gasteiger partial charge in [0.05, 0.1) is 0 Å². The molecule has 0 aliphatic rings. The minimum absolute atomic E-state index is 0.787. The zero-order chi connectivity index (χ0) is 19.9. The van der Waals surface area contributed by atoms with E-state index in [1.165, 1.54) is 11.0 Å². The highest BCUT2D eigenvalue weighted by molar-refractivity contribution is 6.46.